The SMILES string of the molecule is NCCn1nnnc1SCCN1CCCC1. The zero-order chi connectivity index (χ0) is 11.2. The average Bonchev–Trinajstić information content (AvgIpc) is 2.91. The minimum absolute atomic E-state index is 0.574. The van der Waals surface area contributed by atoms with Crippen molar-refractivity contribution in [3.63, 3.8) is 0 Å². The number of tetrazole rings is 1. The maximum absolute atomic E-state index is 5.48. The Morgan fingerprint density at radius 1 is 1.25 bits per heavy atom. The molecule has 0 aliphatic carbocycles. The number of rotatable bonds is 6. The molecule has 0 spiro atoms. The van der Waals surface area contributed by atoms with E-state index in [2.05, 4.69) is 20.4 Å². The van der Waals surface area contributed by atoms with Gasteiger partial charge in [0, 0.05) is 18.8 Å². The first-order chi connectivity index (χ1) is 7.90. The Morgan fingerprint density at radius 3 is 2.81 bits per heavy atom. The number of nitrogens with two attached hydrogens (primary N) is 1. The predicted octanol–water partition coefficient (Wildman–Crippen LogP) is -0.180. The molecule has 1 aliphatic heterocycles. The molecular weight excluding hydrogens is 224 g/mol. The highest BCUT2D eigenvalue weighted by Gasteiger charge is 2.12. The van der Waals surface area contributed by atoms with Gasteiger partial charge in [0.2, 0.25) is 5.16 Å². The lowest BCUT2D eigenvalue weighted by Gasteiger charge is -2.13. The summed E-state index contributed by atoms with van der Waals surface area (Å²) in [4.78, 5) is 2.49. The van der Waals surface area contributed by atoms with E-state index in [1.54, 1.807) is 16.4 Å². The Kier molecular flexibility index (Phi) is 4.55. The fraction of sp³-hybridized carbons (Fsp3) is 0.889. The van der Waals surface area contributed by atoms with Crippen LogP contribution >= 0.6 is 11.8 Å². The normalized spacial score (nSPS) is 17.1. The molecule has 0 aromatic carbocycles. The van der Waals surface area contributed by atoms with Crippen molar-refractivity contribution in [1.29, 1.82) is 0 Å². The molecule has 7 heteroatoms. The summed E-state index contributed by atoms with van der Waals surface area (Å²) in [6, 6.07) is 0. The molecule has 1 fully saturated rings. The molecule has 0 atom stereocenters. The van der Waals surface area contributed by atoms with Gasteiger partial charge in [-0.25, -0.2) is 4.68 Å². The highest BCUT2D eigenvalue weighted by molar-refractivity contribution is 7.99. The van der Waals surface area contributed by atoms with Crippen LogP contribution in [0.2, 0.25) is 0 Å². The van der Waals surface area contributed by atoms with Crippen LogP contribution in [-0.2, 0) is 6.54 Å². The minimum atomic E-state index is 0.574. The Bertz CT molecular complexity index is 309. The van der Waals surface area contributed by atoms with E-state index in [-0.39, 0.29) is 0 Å². The summed E-state index contributed by atoms with van der Waals surface area (Å²) >= 11 is 1.71. The van der Waals surface area contributed by atoms with Crippen molar-refractivity contribution in [3.8, 4) is 0 Å². The van der Waals surface area contributed by atoms with Crippen molar-refractivity contribution in [2.24, 2.45) is 5.73 Å². The molecule has 0 bridgehead atoms. The van der Waals surface area contributed by atoms with E-state index in [0.29, 0.717) is 13.1 Å². The zero-order valence-corrected chi connectivity index (χ0v) is 10.2. The number of hydrogen-bond acceptors (Lipinski definition) is 6. The van der Waals surface area contributed by atoms with Crippen LogP contribution in [0.25, 0.3) is 0 Å². The van der Waals surface area contributed by atoms with Crippen LogP contribution in [0.1, 0.15) is 12.8 Å². The van der Waals surface area contributed by atoms with Crippen LogP contribution in [-0.4, -0.2) is 57.0 Å². The van der Waals surface area contributed by atoms with E-state index in [4.69, 9.17) is 5.73 Å². The van der Waals surface area contributed by atoms with Crippen LogP contribution in [0.4, 0.5) is 0 Å². The second kappa shape index (κ2) is 6.17. The molecule has 90 valence electrons. The topological polar surface area (TPSA) is 72.9 Å². The second-order valence-electron chi connectivity index (χ2n) is 3.87. The fourth-order valence-electron chi connectivity index (χ4n) is 1.83. The fourth-order valence-corrected chi connectivity index (χ4v) is 2.74. The summed E-state index contributed by atoms with van der Waals surface area (Å²) in [5, 5.41) is 12.4. The minimum Gasteiger partial charge on any atom is -0.329 e. The highest BCUT2D eigenvalue weighted by atomic mass is 32.2. The third kappa shape index (κ3) is 3.16. The molecule has 6 nitrogen and oxygen atoms in total. The largest absolute Gasteiger partial charge is 0.329 e. The van der Waals surface area contributed by atoms with Gasteiger partial charge in [-0.15, -0.1) is 5.10 Å². The van der Waals surface area contributed by atoms with Gasteiger partial charge in [0.15, 0.2) is 0 Å². The third-order valence-electron chi connectivity index (χ3n) is 2.68. The summed E-state index contributed by atoms with van der Waals surface area (Å²) < 4.78 is 1.77. The van der Waals surface area contributed by atoms with E-state index in [1.165, 1.54) is 25.9 Å². The van der Waals surface area contributed by atoms with Crippen molar-refractivity contribution in [3.05, 3.63) is 0 Å². The lowest BCUT2D eigenvalue weighted by Crippen LogP contribution is -2.22. The lowest BCUT2D eigenvalue weighted by atomic mass is 10.4. The summed E-state index contributed by atoms with van der Waals surface area (Å²) in [7, 11) is 0. The number of aromatic nitrogens is 4. The summed E-state index contributed by atoms with van der Waals surface area (Å²) in [6.45, 7) is 4.88. The molecule has 1 aromatic rings. The standard InChI is InChI=1S/C9H18N6S/c10-3-6-15-9(11-12-13-15)16-8-7-14-4-1-2-5-14/h1-8,10H2. The smallest absolute Gasteiger partial charge is 0.209 e. The molecule has 0 saturated carbocycles. The van der Waals surface area contributed by atoms with Gasteiger partial charge < -0.3 is 10.6 Å². The van der Waals surface area contributed by atoms with Gasteiger partial charge in [0.1, 0.15) is 0 Å². The van der Waals surface area contributed by atoms with Crippen LogP contribution < -0.4 is 5.73 Å². The Labute approximate surface area is 99.6 Å². The molecule has 2 heterocycles. The van der Waals surface area contributed by atoms with E-state index in [9.17, 15) is 0 Å². The molecule has 2 N–H and O–H groups in total. The maximum atomic E-state index is 5.48. The number of nitrogens with zero attached hydrogens (tertiary/aromatic N) is 5. The van der Waals surface area contributed by atoms with Gasteiger partial charge in [-0.2, -0.15) is 0 Å². The summed E-state index contributed by atoms with van der Waals surface area (Å²) in [5.74, 6) is 1.05. The highest BCUT2D eigenvalue weighted by Crippen LogP contribution is 2.15. The van der Waals surface area contributed by atoms with Gasteiger partial charge >= 0.3 is 0 Å². The van der Waals surface area contributed by atoms with Crippen molar-refractivity contribution < 1.29 is 0 Å². The van der Waals surface area contributed by atoms with Gasteiger partial charge in [-0.1, -0.05) is 11.8 Å². The van der Waals surface area contributed by atoms with Crippen LogP contribution in [0.5, 0.6) is 0 Å². The Balaban J connectivity index is 1.73. The molecule has 16 heavy (non-hydrogen) atoms. The van der Waals surface area contributed by atoms with Crippen molar-refractivity contribution in [2.75, 3.05) is 31.9 Å². The number of hydrogen-bond donors (Lipinski definition) is 1. The van der Waals surface area contributed by atoms with Crippen LogP contribution in [0.15, 0.2) is 5.16 Å². The Hall–Kier alpha value is -0.660. The summed E-state index contributed by atoms with van der Waals surface area (Å²) in [5.41, 5.74) is 5.48. The third-order valence-corrected chi connectivity index (χ3v) is 3.61. The van der Waals surface area contributed by atoms with E-state index in [1.807, 2.05) is 0 Å². The zero-order valence-electron chi connectivity index (χ0n) is 9.38. The molecule has 0 amide bonds. The first-order valence-electron chi connectivity index (χ1n) is 5.71. The first-order valence-corrected chi connectivity index (χ1v) is 6.70. The van der Waals surface area contributed by atoms with Gasteiger partial charge in [0.05, 0.1) is 6.54 Å². The van der Waals surface area contributed by atoms with Gasteiger partial charge in [-0.3, -0.25) is 0 Å². The molecule has 1 aromatic heterocycles. The van der Waals surface area contributed by atoms with Crippen LogP contribution in [0.3, 0.4) is 0 Å². The van der Waals surface area contributed by atoms with E-state index >= 15 is 0 Å². The van der Waals surface area contributed by atoms with Gasteiger partial charge in [-0.05, 0) is 36.4 Å². The molecule has 1 saturated heterocycles. The van der Waals surface area contributed by atoms with Crippen LogP contribution in [0, 0.1) is 0 Å². The van der Waals surface area contributed by atoms with Crippen molar-refractivity contribution >= 4 is 11.8 Å². The molecule has 0 radical (unpaired) electrons. The number of thioether (sulfide) groups is 1. The first kappa shape index (κ1) is 11.8. The van der Waals surface area contributed by atoms with Crippen molar-refractivity contribution in [2.45, 2.75) is 24.5 Å². The van der Waals surface area contributed by atoms with E-state index < -0.39 is 0 Å². The molecule has 1 aliphatic rings. The molecular formula is C9H18N6S. The lowest BCUT2D eigenvalue weighted by molar-refractivity contribution is 0.362. The predicted molar refractivity (Wildman–Crippen MR) is 63.3 cm³/mol. The molecule has 0 unspecified atom stereocenters. The van der Waals surface area contributed by atoms with Crippen molar-refractivity contribution in [1.82, 2.24) is 25.1 Å². The quantitative estimate of drug-likeness (QED) is 0.698. The molecule has 2 rings (SSSR count). The second-order valence-corrected chi connectivity index (χ2v) is 4.93. The maximum Gasteiger partial charge on any atom is 0.209 e. The summed E-state index contributed by atoms with van der Waals surface area (Å²) in [6.07, 6.45) is 2.69. The van der Waals surface area contributed by atoms with E-state index in [0.717, 1.165) is 17.5 Å². The number of likely N-dealkylation sites (tertiary alicyclic amines) is 1. The average molecular weight is 242 g/mol. The monoisotopic (exact) mass is 242 g/mol. The Morgan fingerprint density at radius 2 is 2.06 bits per heavy atom. The van der Waals surface area contributed by atoms with Gasteiger partial charge in [0.25, 0.3) is 0 Å².